The number of terminal acetylenes is 1. The minimum absolute atomic E-state index is 0.0755. The second-order valence-electron chi connectivity index (χ2n) is 3.34. The molecular formula is C12H11NO4. The highest BCUT2D eigenvalue weighted by molar-refractivity contribution is 5.78. The van der Waals surface area contributed by atoms with Crippen LogP contribution in [0.25, 0.3) is 0 Å². The van der Waals surface area contributed by atoms with E-state index in [0.29, 0.717) is 5.56 Å². The number of nitro benzene ring substituents is 1. The fourth-order valence-corrected chi connectivity index (χ4v) is 1.45. The average Bonchev–Trinajstić information content (AvgIpc) is 2.35. The predicted molar refractivity (Wildman–Crippen MR) is 61.3 cm³/mol. The maximum atomic E-state index is 11.5. The van der Waals surface area contributed by atoms with Gasteiger partial charge in [0.25, 0.3) is 5.69 Å². The summed E-state index contributed by atoms with van der Waals surface area (Å²) < 4.78 is 4.62. The van der Waals surface area contributed by atoms with Gasteiger partial charge in [-0.25, -0.2) is 0 Å². The SMILES string of the molecule is C#CCC(C(=O)OC)c1cccc([N+](=O)[O-])c1. The lowest BCUT2D eigenvalue weighted by Gasteiger charge is -2.11. The molecule has 0 heterocycles. The average molecular weight is 233 g/mol. The molecule has 1 rings (SSSR count). The third-order valence-electron chi connectivity index (χ3n) is 2.29. The van der Waals surface area contributed by atoms with Gasteiger partial charge in [-0.15, -0.1) is 12.3 Å². The number of carbonyl (C=O) groups is 1. The summed E-state index contributed by atoms with van der Waals surface area (Å²) in [6.07, 6.45) is 5.31. The number of nitrogens with zero attached hydrogens (tertiary/aromatic N) is 1. The summed E-state index contributed by atoms with van der Waals surface area (Å²) in [6, 6.07) is 5.82. The van der Waals surface area contributed by atoms with Crippen LogP contribution in [0.15, 0.2) is 24.3 Å². The first kappa shape index (κ1) is 12.7. The molecule has 0 saturated heterocycles. The smallest absolute Gasteiger partial charge is 0.314 e. The molecule has 1 unspecified atom stereocenters. The molecule has 0 N–H and O–H groups in total. The number of methoxy groups -OCH3 is 1. The van der Waals surface area contributed by atoms with Crippen molar-refractivity contribution in [3.05, 3.63) is 39.9 Å². The Morgan fingerprint density at radius 1 is 1.65 bits per heavy atom. The zero-order valence-electron chi connectivity index (χ0n) is 9.25. The van der Waals surface area contributed by atoms with Gasteiger partial charge in [0.2, 0.25) is 0 Å². The Morgan fingerprint density at radius 3 is 2.88 bits per heavy atom. The van der Waals surface area contributed by atoms with Gasteiger partial charge < -0.3 is 4.74 Å². The highest BCUT2D eigenvalue weighted by atomic mass is 16.6. The molecule has 1 aromatic rings. The molecule has 88 valence electrons. The van der Waals surface area contributed by atoms with Crippen LogP contribution in [0.5, 0.6) is 0 Å². The van der Waals surface area contributed by atoms with Gasteiger partial charge in [-0.3, -0.25) is 14.9 Å². The van der Waals surface area contributed by atoms with Crippen molar-refractivity contribution >= 4 is 11.7 Å². The van der Waals surface area contributed by atoms with E-state index in [9.17, 15) is 14.9 Å². The molecule has 17 heavy (non-hydrogen) atoms. The Balaban J connectivity index is 3.10. The van der Waals surface area contributed by atoms with Gasteiger partial charge in [0.1, 0.15) is 0 Å². The first-order valence-electron chi connectivity index (χ1n) is 4.85. The van der Waals surface area contributed by atoms with Gasteiger partial charge in [0.05, 0.1) is 18.0 Å². The van der Waals surface area contributed by atoms with Crippen molar-refractivity contribution in [2.24, 2.45) is 0 Å². The molecule has 0 aromatic heterocycles. The lowest BCUT2D eigenvalue weighted by molar-refractivity contribution is -0.384. The monoisotopic (exact) mass is 233 g/mol. The number of benzene rings is 1. The highest BCUT2D eigenvalue weighted by Gasteiger charge is 2.22. The van der Waals surface area contributed by atoms with E-state index >= 15 is 0 Å². The molecule has 0 spiro atoms. The number of non-ortho nitro benzene ring substituents is 1. The summed E-state index contributed by atoms with van der Waals surface area (Å²) >= 11 is 0. The minimum atomic E-state index is -0.662. The van der Waals surface area contributed by atoms with Crippen LogP contribution in [0.1, 0.15) is 17.9 Å². The molecule has 0 aliphatic carbocycles. The van der Waals surface area contributed by atoms with E-state index in [1.165, 1.54) is 25.3 Å². The van der Waals surface area contributed by atoms with Gasteiger partial charge >= 0.3 is 5.97 Å². The number of hydrogen-bond acceptors (Lipinski definition) is 4. The molecule has 0 amide bonds. The molecule has 0 aliphatic rings. The van der Waals surface area contributed by atoms with Gasteiger partial charge in [-0.1, -0.05) is 12.1 Å². The first-order chi connectivity index (χ1) is 8.10. The first-order valence-corrected chi connectivity index (χ1v) is 4.85. The van der Waals surface area contributed by atoms with E-state index in [1.54, 1.807) is 6.07 Å². The summed E-state index contributed by atoms with van der Waals surface area (Å²) in [4.78, 5) is 21.6. The van der Waals surface area contributed by atoms with Crippen LogP contribution >= 0.6 is 0 Å². The maximum Gasteiger partial charge on any atom is 0.314 e. The molecule has 5 heteroatoms. The Morgan fingerprint density at radius 2 is 2.35 bits per heavy atom. The molecule has 0 aliphatic heterocycles. The summed E-state index contributed by atoms with van der Waals surface area (Å²) in [5.74, 6) is 1.20. The molecule has 1 atom stereocenters. The molecule has 0 saturated carbocycles. The van der Waals surface area contributed by atoms with E-state index in [0.717, 1.165) is 0 Å². The number of esters is 1. The van der Waals surface area contributed by atoms with Crippen LogP contribution < -0.4 is 0 Å². The minimum Gasteiger partial charge on any atom is -0.469 e. The molecule has 0 fully saturated rings. The Hall–Kier alpha value is -2.35. The molecule has 0 radical (unpaired) electrons. The van der Waals surface area contributed by atoms with Gasteiger partial charge in [0, 0.05) is 18.6 Å². The van der Waals surface area contributed by atoms with Crippen molar-refractivity contribution in [1.82, 2.24) is 0 Å². The largest absolute Gasteiger partial charge is 0.469 e. The van der Waals surface area contributed by atoms with Crippen LogP contribution in [-0.4, -0.2) is 18.0 Å². The third kappa shape index (κ3) is 3.05. The number of carbonyl (C=O) groups excluding carboxylic acids is 1. The zero-order valence-corrected chi connectivity index (χ0v) is 9.25. The second-order valence-corrected chi connectivity index (χ2v) is 3.34. The van der Waals surface area contributed by atoms with Crippen LogP contribution in [-0.2, 0) is 9.53 Å². The topological polar surface area (TPSA) is 69.4 Å². The summed E-state index contributed by atoms with van der Waals surface area (Å²) in [7, 11) is 1.25. The van der Waals surface area contributed by atoms with Crippen molar-refractivity contribution in [2.45, 2.75) is 12.3 Å². The van der Waals surface area contributed by atoms with Crippen molar-refractivity contribution in [3.63, 3.8) is 0 Å². The molecule has 1 aromatic carbocycles. The van der Waals surface area contributed by atoms with E-state index in [4.69, 9.17) is 6.42 Å². The fourth-order valence-electron chi connectivity index (χ4n) is 1.45. The lowest BCUT2D eigenvalue weighted by Crippen LogP contribution is -2.14. The normalized spacial score (nSPS) is 11.3. The number of rotatable bonds is 4. The summed E-state index contributed by atoms with van der Waals surface area (Å²) in [5.41, 5.74) is 0.414. The van der Waals surface area contributed by atoms with Crippen LogP contribution in [0.3, 0.4) is 0 Å². The Kier molecular flexibility index (Phi) is 4.23. The van der Waals surface area contributed by atoms with Gasteiger partial charge in [-0.2, -0.15) is 0 Å². The Bertz CT molecular complexity index is 476. The van der Waals surface area contributed by atoms with Crippen LogP contribution in [0.4, 0.5) is 5.69 Å². The molecule has 0 bridgehead atoms. The summed E-state index contributed by atoms with van der Waals surface area (Å²) in [5, 5.41) is 10.6. The zero-order chi connectivity index (χ0) is 12.8. The number of hydrogen-bond donors (Lipinski definition) is 0. The second kappa shape index (κ2) is 5.66. The maximum absolute atomic E-state index is 11.5. The molecular weight excluding hydrogens is 222 g/mol. The standard InChI is InChI=1S/C12H11NO4/c1-3-5-11(12(14)17-2)9-6-4-7-10(8-9)13(15)16/h1,4,6-8,11H,5H2,2H3. The highest BCUT2D eigenvalue weighted by Crippen LogP contribution is 2.24. The van der Waals surface area contributed by atoms with E-state index in [2.05, 4.69) is 10.7 Å². The third-order valence-corrected chi connectivity index (χ3v) is 2.29. The van der Waals surface area contributed by atoms with Crippen LogP contribution in [0, 0.1) is 22.5 Å². The van der Waals surface area contributed by atoms with Crippen molar-refractivity contribution in [2.75, 3.05) is 7.11 Å². The van der Waals surface area contributed by atoms with Gasteiger partial charge in [0.15, 0.2) is 0 Å². The van der Waals surface area contributed by atoms with Crippen molar-refractivity contribution in [3.8, 4) is 12.3 Å². The number of nitro groups is 1. The lowest BCUT2D eigenvalue weighted by atomic mass is 9.96. The van der Waals surface area contributed by atoms with Crippen molar-refractivity contribution < 1.29 is 14.5 Å². The van der Waals surface area contributed by atoms with E-state index < -0.39 is 16.8 Å². The Labute approximate surface area is 98.5 Å². The van der Waals surface area contributed by atoms with E-state index in [1.807, 2.05) is 0 Å². The van der Waals surface area contributed by atoms with E-state index in [-0.39, 0.29) is 12.1 Å². The summed E-state index contributed by atoms with van der Waals surface area (Å²) in [6.45, 7) is 0. The van der Waals surface area contributed by atoms with Crippen LogP contribution in [0.2, 0.25) is 0 Å². The molecule has 5 nitrogen and oxygen atoms in total. The fraction of sp³-hybridized carbons (Fsp3) is 0.250. The van der Waals surface area contributed by atoms with Gasteiger partial charge in [-0.05, 0) is 5.56 Å². The number of ether oxygens (including phenoxy) is 1. The predicted octanol–water partition coefficient (Wildman–Crippen LogP) is 1.87. The van der Waals surface area contributed by atoms with Crippen molar-refractivity contribution in [1.29, 1.82) is 0 Å². The quantitative estimate of drug-likeness (QED) is 0.344.